The summed E-state index contributed by atoms with van der Waals surface area (Å²) >= 11 is 7.73. The summed E-state index contributed by atoms with van der Waals surface area (Å²) in [5.41, 5.74) is 2.90. The molecule has 1 amide bonds. The van der Waals surface area contributed by atoms with E-state index in [1.807, 2.05) is 55.5 Å². The van der Waals surface area contributed by atoms with Crippen LogP contribution >= 0.6 is 35.3 Å². The number of carbonyl (C=O) groups is 1. The Balaban J connectivity index is 0.00000272. The van der Waals surface area contributed by atoms with Gasteiger partial charge in [-0.05, 0) is 36.3 Å². The number of anilines is 1. The van der Waals surface area contributed by atoms with E-state index >= 15 is 0 Å². The highest BCUT2D eigenvalue weighted by atomic mass is 35.5. The standard InChI is InChI=1S/C23H24ClN3O2S.ClH/c1-17-15-19(24)16-20-22(17)25-23(30-20)27(10-9-26-11-13-29-14-12-26)21(28)8-7-18-5-3-2-4-6-18;/h2-8,15-16H,9-14H2,1H3;1H. The van der Waals surface area contributed by atoms with Gasteiger partial charge >= 0.3 is 0 Å². The molecular weight excluding hydrogens is 453 g/mol. The van der Waals surface area contributed by atoms with Crippen LogP contribution in [0.2, 0.25) is 5.02 Å². The van der Waals surface area contributed by atoms with Crippen LogP contribution in [0.15, 0.2) is 48.5 Å². The highest BCUT2D eigenvalue weighted by molar-refractivity contribution is 7.22. The van der Waals surface area contributed by atoms with Crippen LogP contribution in [0, 0.1) is 6.92 Å². The molecule has 8 heteroatoms. The zero-order valence-electron chi connectivity index (χ0n) is 17.3. The van der Waals surface area contributed by atoms with Gasteiger partial charge in [0.15, 0.2) is 5.13 Å². The van der Waals surface area contributed by atoms with E-state index < -0.39 is 0 Å². The normalized spacial score (nSPS) is 14.6. The first kappa shape index (κ1) is 23.7. The van der Waals surface area contributed by atoms with E-state index in [4.69, 9.17) is 21.3 Å². The molecule has 4 rings (SSSR count). The molecule has 164 valence electrons. The minimum absolute atomic E-state index is 0. The number of fused-ring (bicyclic) bond motifs is 1. The second-order valence-corrected chi connectivity index (χ2v) is 8.70. The van der Waals surface area contributed by atoms with Gasteiger partial charge in [0.2, 0.25) is 0 Å². The molecule has 2 heterocycles. The summed E-state index contributed by atoms with van der Waals surface area (Å²) in [5.74, 6) is -0.0741. The fourth-order valence-corrected chi connectivity index (χ4v) is 4.90. The second kappa shape index (κ2) is 11.1. The largest absolute Gasteiger partial charge is 0.379 e. The van der Waals surface area contributed by atoms with E-state index in [0.29, 0.717) is 16.7 Å². The number of ether oxygens (including phenoxy) is 1. The first-order valence-corrected chi connectivity index (χ1v) is 11.2. The number of morpholine rings is 1. The molecule has 0 unspecified atom stereocenters. The Kier molecular flexibility index (Phi) is 8.46. The fraction of sp³-hybridized carbons (Fsp3) is 0.304. The maximum Gasteiger partial charge on any atom is 0.252 e. The van der Waals surface area contributed by atoms with Crippen molar-refractivity contribution in [2.75, 3.05) is 44.3 Å². The predicted octanol–water partition coefficient (Wildman–Crippen LogP) is 5.06. The molecule has 1 fully saturated rings. The quantitative estimate of drug-likeness (QED) is 0.465. The Morgan fingerprint density at radius 1 is 1.26 bits per heavy atom. The molecule has 0 spiro atoms. The topological polar surface area (TPSA) is 45.7 Å². The van der Waals surface area contributed by atoms with E-state index in [1.54, 1.807) is 11.0 Å². The molecule has 0 saturated carbocycles. The summed E-state index contributed by atoms with van der Waals surface area (Å²) in [5, 5.41) is 1.39. The SMILES string of the molecule is Cc1cc(Cl)cc2sc(N(CCN3CCOCC3)C(=O)C=Cc3ccccc3)nc12.Cl. The van der Waals surface area contributed by atoms with E-state index in [0.717, 1.165) is 54.2 Å². The van der Waals surface area contributed by atoms with Crippen LogP contribution in [0.5, 0.6) is 0 Å². The first-order chi connectivity index (χ1) is 14.6. The van der Waals surface area contributed by atoms with Crippen molar-refractivity contribution in [2.24, 2.45) is 0 Å². The van der Waals surface area contributed by atoms with E-state index in [1.165, 1.54) is 11.3 Å². The molecule has 1 aliphatic rings. The number of aryl methyl sites for hydroxylation is 1. The maximum atomic E-state index is 13.2. The van der Waals surface area contributed by atoms with Gasteiger partial charge in [-0.2, -0.15) is 0 Å². The Labute approximate surface area is 197 Å². The van der Waals surface area contributed by atoms with Crippen molar-refractivity contribution >= 4 is 62.7 Å². The monoisotopic (exact) mass is 477 g/mol. The van der Waals surface area contributed by atoms with E-state index in [2.05, 4.69) is 4.90 Å². The Bertz CT molecular complexity index is 1050. The third kappa shape index (κ3) is 6.05. The van der Waals surface area contributed by atoms with Gasteiger partial charge in [0.1, 0.15) is 0 Å². The summed E-state index contributed by atoms with van der Waals surface area (Å²) in [6.45, 7) is 6.59. The third-order valence-electron chi connectivity index (χ3n) is 5.10. The molecule has 0 N–H and O–H groups in total. The van der Waals surface area contributed by atoms with Crippen molar-refractivity contribution in [3.8, 4) is 0 Å². The van der Waals surface area contributed by atoms with Crippen LogP contribution in [0.4, 0.5) is 5.13 Å². The molecule has 31 heavy (non-hydrogen) atoms. The first-order valence-electron chi connectivity index (χ1n) is 10.0. The van der Waals surface area contributed by atoms with Crippen molar-refractivity contribution in [3.63, 3.8) is 0 Å². The smallest absolute Gasteiger partial charge is 0.252 e. The molecule has 0 radical (unpaired) electrons. The Morgan fingerprint density at radius 2 is 2.00 bits per heavy atom. The lowest BCUT2D eigenvalue weighted by Crippen LogP contribution is -2.42. The van der Waals surface area contributed by atoms with Gasteiger partial charge in [-0.3, -0.25) is 14.6 Å². The van der Waals surface area contributed by atoms with Gasteiger partial charge < -0.3 is 4.74 Å². The fourth-order valence-electron chi connectivity index (χ4n) is 3.45. The lowest BCUT2D eigenvalue weighted by atomic mass is 10.2. The summed E-state index contributed by atoms with van der Waals surface area (Å²) in [4.78, 5) is 22.0. The molecule has 0 aliphatic carbocycles. The number of aromatic nitrogens is 1. The average molecular weight is 478 g/mol. The number of carbonyl (C=O) groups excluding carboxylic acids is 1. The molecule has 3 aromatic rings. The number of benzene rings is 2. The molecule has 5 nitrogen and oxygen atoms in total. The van der Waals surface area contributed by atoms with Crippen molar-refractivity contribution in [2.45, 2.75) is 6.92 Å². The van der Waals surface area contributed by atoms with Crippen LogP contribution in [0.3, 0.4) is 0 Å². The van der Waals surface area contributed by atoms with Crippen LogP contribution in [-0.2, 0) is 9.53 Å². The minimum atomic E-state index is -0.0741. The molecule has 1 saturated heterocycles. The number of hydrogen-bond donors (Lipinski definition) is 0. The van der Waals surface area contributed by atoms with Crippen molar-refractivity contribution in [1.29, 1.82) is 0 Å². The van der Waals surface area contributed by atoms with Crippen molar-refractivity contribution in [3.05, 3.63) is 64.7 Å². The predicted molar refractivity (Wildman–Crippen MR) is 132 cm³/mol. The van der Waals surface area contributed by atoms with Crippen LogP contribution in [-0.4, -0.2) is 55.2 Å². The third-order valence-corrected chi connectivity index (χ3v) is 6.34. The lowest BCUT2D eigenvalue weighted by Gasteiger charge is -2.28. The van der Waals surface area contributed by atoms with Gasteiger partial charge in [-0.1, -0.05) is 53.3 Å². The molecule has 0 bridgehead atoms. The van der Waals surface area contributed by atoms with Gasteiger partial charge in [-0.15, -0.1) is 12.4 Å². The van der Waals surface area contributed by atoms with Crippen LogP contribution < -0.4 is 4.90 Å². The van der Waals surface area contributed by atoms with E-state index in [-0.39, 0.29) is 18.3 Å². The zero-order chi connectivity index (χ0) is 20.9. The van der Waals surface area contributed by atoms with Gasteiger partial charge in [-0.25, -0.2) is 4.98 Å². The highest BCUT2D eigenvalue weighted by Crippen LogP contribution is 2.33. The number of halogens is 2. The van der Waals surface area contributed by atoms with Gasteiger partial charge in [0.25, 0.3) is 5.91 Å². The van der Waals surface area contributed by atoms with Gasteiger partial charge in [0, 0.05) is 37.3 Å². The summed E-state index contributed by atoms with van der Waals surface area (Å²) in [6.07, 6.45) is 3.47. The second-order valence-electron chi connectivity index (χ2n) is 7.25. The maximum absolute atomic E-state index is 13.2. The van der Waals surface area contributed by atoms with Crippen molar-refractivity contribution < 1.29 is 9.53 Å². The minimum Gasteiger partial charge on any atom is -0.379 e. The average Bonchev–Trinajstić information content (AvgIpc) is 3.18. The number of nitrogens with zero attached hydrogens (tertiary/aromatic N) is 3. The van der Waals surface area contributed by atoms with Crippen molar-refractivity contribution in [1.82, 2.24) is 9.88 Å². The van der Waals surface area contributed by atoms with Crippen LogP contribution in [0.25, 0.3) is 16.3 Å². The number of thiazole rings is 1. The summed E-state index contributed by atoms with van der Waals surface area (Å²) in [6, 6.07) is 13.6. The van der Waals surface area contributed by atoms with Crippen LogP contribution in [0.1, 0.15) is 11.1 Å². The summed E-state index contributed by atoms with van der Waals surface area (Å²) in [7, 11) is 0. The molecular formula is C23H25Cl2N3O2S. The Hall–Kier alpha value is -1.96. The molecule has 2 aromatic carbocycles. The Morgan fingerprint density at radius 3 is 2.74 bits per heavy atom. The molecule has 0 atom stereocenters. The number of rotatable bonds is 6. The zero-order valence-corrected chi connectivity index (χ0v) is 19.7. The van der Waals surface area contributed by atoms with E-state index in [9.17, 15) is 4.79 Å². The molecule has 1 aromatic heterocycles. The molecule has 1 aliphatic heterocycles. The summed E-state index contributed by atoms with van der Waals surface area (Å²) < 4.78 is 6.43. The highest BCUT2D eigenvalue weighted by Gasteiger charge is 2.20. The lowest BCUT2D eigenvalue weighted by molar-refractivity contribution is -0.114. The number of hydrogen-bond acceptors (Lipinski definition) is 5. The van der Waals surface area contributed by atoms with Gasteiger partial charge in [0.05, 0.1) is 23.4 Å². The number of amides is 1.